The van der Waals surface area contributed by atoms with Crippen molar-refractivity contribution >= 4 is 23.4 Å². The Labute approximate surface area is 115 Å². The van der Waals surface area contributed by atoms with Crippen LogP contribution in [0.5, 0.6) is 0 Å². The molecule has 2 aromatic rings. The molecule has 1 atom stereocenters. The van der Waals surface area contributed by atoms with E-state index in [1.807, 2.05) is 12.3 Å². The highest BCUT2D eigenvalue weighted by Gasteiger charge is 2.19. The second kappa shape index (κ2) is 5.74. The molecule has 1 N–H and O–H groups in total. The Morgan fingerprint density at radius 1 is 1.22 bits per heavy atom. The Morgan fingerprint density at radius 3 is 2.44 bits per heavy atom. The first kappa shape index (κ1) is 13.4. The molecule has 0 aliphatic heterocycles. The third kappa shape index (κ3) is 2.69. The molecule has 0 aromatic heterocycles. The van der Waals surface area contributed by atoms with Gasteiger partial charge in [0.15, 0.2) is 0 Å². The molecule has 4 heteroatoms. The minimum atomic E-state index is -1.05. The number of hydrogen-bond acceptors (Lipinski definition) is 2. The molecule has 94 valence electrons. The van der Waals surface area contributed by atoms with Gasteiger partial charge in [-0.3, -0.25) is 0 Å². The van der Waals surface area contributed by atoms with Crippen LogP contribution >= 0.6 is 23.4 Å². The lowest BCUT2D eigenvalue weighted by Gasteiger charge is -2.15. The van der Waals surface area contributed by atoms with Crippen molar-refractivity contribution in [3.8, 4) is 0 Å². The molecule has 1 nitrogen and oxygen atoms in total. The number of hydrogen-bond donors (Lipinski definition) is 1. The molecule has 0 amide bonds. The van der Waals surface area contributed by atoms with Crippen LogP contribution in [0.2, 0.25) is 5.02 Å². The van der Waals surface area contributed by atoms with Crippen molar-refractivity contribution in [2.24, 2.45) is 0 Å². The maximum Gasteiger partial charge on any atom is 0.131 e. The quantitative estimate of drug-likeness (QED) is 0.848. The summed E-state index contributed by atoms with van der Waals surface area (Å²) in [5, 5.41) is 10.4. The lowest BCUT2D eigenvalue weighted by molar-refractivity contribution is 0.215. The molecule has 2 aromatic carbocycles. The van der Waals surface area contributed by atoms with E-state index < -0.39 is 11.9 Å². The molecule has 2 rings (SSSR count). The summed E-state index contributed by atoms with van der Waals surface area (Å²) in [6.45, 7) is 0. The number of aliphatic hydroxyl groups excluding tert-OH is 1. The largest absolute Gasteiger partial charge is 0.383 e. The molecule has 0 saturated carbocycles. The Morgan fingerprint density at radius 2 is 1.89 bits per heavy atom. The second-order valence-corrected chi connectivity index (χ2v) is 5.10. The number of aliphatic hydroxyl groups is 1. The van der Waals surface area contributed by atoms with Crippen molar-refractivity contribution in [1.82, 2.24) is 0 Å². The lowest BCUT2D eigenvalue weighted by Crippen LogP contribution is -2.03. The van der Waals surface area contributed by atoms with Crippen LogP contribution in [-0.2, 0) is 0 Å². The summed E-state index contributed by atoms with van der Waals surface area (Å²) in [6, 6.07) is 12.0. The fraction of sp³-hybridized carbons (Fsp3) is 0.143. The van der Waals surface area contributed by atoms with Crippen LogP contribution in [0.25, 0.3) is 0 Å². The van der Waals surface area contributed by atoms with Crippen LogP contribution in [-0.4, -0.2) is 11.4 Å². The number of halogens is 2. The first-order valence-electron chi connectivity index (χ1n) is 5.39. The van der Waals surface area contributed by atoms with Gasteiger partial charge in [0.25, 0.3) is 0 Å². The minimum Gasteiger partial charge on any atom is -0.383 e. The Bertz CT molecular complexity index is 522. The Hall–Kier alpha value is -1.03. The summed E-state index contributed by atoms with van der Waals surface area (Å²) in [6.07, 6.45) is 0.799. The maximum absolute atomic E-state index is 14.0. The highest BCUT2D eigenvalue weighted by molar-refractivity contribution is 7.98. The molecule has 1 unspecified atom stereocenters. The van der Waals surface area contributed by atoms with Crippen molar-refractivity contribution < 1.29 is 9.50 Å². The van der Waals surface area contributed by atoms with Crippen LogP contribution < -0.4 is 0 Å². The summed E-state index contributed by atoms with van der Waals surface area (Å²) in [7, 11) is 0. The molecule has 0 aliphatic rings. The van der Waals surface area contributed by atoms with E-state index in [1.165, 1.54) is 17.8 Å². The first-order valence-corrected chi connectivity index (χ1v) is 6.99. The van der Waals surface area contributed by atoms with Gasteiger partial charge in [0, 0.05) is 10.5 Å². The Balaban J connectivity index is 2.45. The maximum atomic E-state index is 14.0. The number of rotatable bonds is 3. The van der Waals surface area contributed by atoms with Gasteiger partial charge < -0.3 is 5.11 Å². The van der Waals surface area contributed by atoms with E-state index in [4.69, 9.17) is 11.6 Å². The van der Waals surface area contributed by atoms with E-state index >= 15 is 0 Å². The van der Waals surface area contributed by atoms with Crippen LogP contribution in [0.4, 0.5) is 4.39 Å². The summed E-state index contributed by atoms with van der Waals surface area (Å²) >= 11 is 7.45. The van der Waals surface area contributed by atoms with E-state index in [9.17, 15) is 9.50 Å². The molecule has 0 radical (unpaired) electrons. The van der Waals surface area contributed by atoms with Gasteiger partial charge in [-0.15, -0.1) is 11.8 Å². The van der Waals surface area contributed by atoms with Crippen molar-refractivity contribution in [1.29, 1.82) is 0 Å². The van der Waals surface area contributed by atoms with Crippen LogP contribution in [0.3, 0.4) is 0 Å². The van der Waals surface area contributed by atoms with E-state index in [-0.39, 0.29) is 10.6 Å². The zero-order chi connectivity index (χ0) is 13.1. The van der Waals surface area contributed by atoms with Gasteiger partial charge in [-0.1, -0.05) is 41.9 Å². The zero-order valence-electron chi connectivity index (χ0n) is 9.73. The van der Waals surface area contributed by atoms with Gasteiger partial charge in [0.05, 0.1) is 5.02 Å². The standard InChI is InChI=1S/C14H12ClFOS/c1-18-10-7-11(15)13(12(16)8-10)14(17)9-5-3-2-4-6-9/h2-8,14,17H,1H3. The third-order valence-corrected chi connectivity index (χ3v) is 3.70. The lowest BCUT2D eigenvalue weighted by atomic mass is 10.0. The van der Waals surface area contributed by atoms with E-state index in [0.717, 1.165) is 4.90 Å². The first-order chi connectivity index (χ1) is 8.63. The fourth-order valence-electron chi connectivity index (χ4n) is 1.74. The highest BCUT2D eigenvalue weighted by Crippen LogP contribution is 2.33. The summed E-state index contributed by atoms with van der Waals surface area (Å²) in [5.41, 5.74) is 0.746. The van der Waals surface area contributed by atoms with Gasteiger partial charge in [-0.2, -0.15) is 0 Å². The number of thioether (sulfide) groups is 1. The average Bonchev–Trinajstić information content (AvgIpc) is 2.38. The molecule has 0 spiro atoms. The second-order valence-electron chi connectivity index (χ2n) is 3.82. The van der Waals surface area contributed by atoms with Crippen LogP contribution in [0, 0.1) is 5.82 Å². The fourth-order valence-corrected chi connectivity index (χ4v) is 2.57. The van der Waals surface area contributed by atoms with Crippen molar-refractivity contribution in [2.75, 3.05) is 6.26 Å². The van der Waals surface area contributed by atoms with E-state index in [2.05, 4.69) is 0 Å². The summed E-state index contributed by atoms with van der Waals surface area (Å²) < 4.78 is 14.0. The molecule has 0 heterocycles. The summed E-state index contributed by atoms with van der Waals surface area (Å²) in [5.74, 6) is -0.483. The van der Waals surface area contributed by atoms with Crippen molar-refractivity contribution in [2.45, 2.75) is 11.0 Å². The van der Waals surface area contributed by atoms with Gasteiger partial charge in [0.1, 0.15) is 11.9 Å². The highest BCUT2D eigenvalue weighted by atomic mass is 35.5. The zero-order valence-corrected chi connectivity index (χ0v) is 11.3. The molecule has 0 bridgehead atoms. The van der Waals surface area contributed by atoms with Gasteiger partial charge in [-0.25, -0.2) is 4.39 Å². The normalized spacial score (nSPS) is 12.4. The van der Waals surface area contributed by atoms with Crippen molar-refractivity contribution in [3.05, 3.63) is 64.4 Å². The molecule has 18 heavy (non-hydrogen) atoms. The monoisotopic (exact) mass is 282 g/mol. The summed E-state index contributed by atoms with van der Waals surface area (Å²) in [4.78, 5) is 0.738. The predicted octanol–water partition coefficient (Wildman–Crippen LogP) is 4.28. The Kier molecular flexibility index (Phi) is 4.27. The molecule has 0 fully saturated rings. The van der Waals surface area contributed by atoms with Crippen LogP contribution in [0.15, 0.2) is 47.4 Å². The van der Waals surface area contributed by atoms with Gasteiger partial charge in [0.2, 0.25) is 0 Å². The molecular weight excluding hydrogens is 271 g/mol. The number of benzene rings is 2. The molecule has 0 saturated heterocycles. The van der Waals surface area contributed by atoms with E-state index in [0.29, 0.717) is 5.56 Å². The van der Waals surface area contributed by atoms with Gasteiger partial charge in [-0.05, 0) is 24.0 Å². The van der Waals surface area contributed by atoms with Crippen molar-refractivity contribution in [3.63, 3.8) is 0 Å². The smallest absolute Gasteiger partial charge is 0.131 e. The van der Waals surface area contributed by atoms with Crippen LogP contribution in [0.1, 0.15) is 17.2 Å². The minimum absolute atomic E-state index is 0.126. The topological polar surface area (TPSA) is 20.2 Å². The average molecular weight is 283 g/mol. The molecular formula is C14H12ClFOS. The SMILES string of the molecule is CSc1cc(F)c(C(O)c2ccccc2)c(Cl)c1. The predicted molar refractivity (Wildman–Crippen MR) is 73.7 cm³/mol. The van der Waals surface area contributed by atoms with E-state index in [1.54, 1.807) is 30.3 Å². The third-order valence-electron chi connectivity index (χ3n) is 2.68. The van der Waals surface area contributed by atoms with Gasteiger partial charge >= 0.3 is 0 Å². The molecule has 0 aliphatic carbocycles.